The molecule has 0 fully saturated rings. The predicted molar refractivity (Wildman–Crippen MR) is 218 cm³/mol. The molecule has 10 rings (SSSR count). The molecule has 5 aromatic carbocycles. The normalized spacial score (nSPS) is 19.5. The van der Waals surface area contributed by atoms with E-state index in [1.165, 1.54) is 76.1 Å². The molecule has 0 saturated heterocycles. The number of hydrogen-bond donors (Lipinski definition) is 2. The van der Waals surface area contributed by atoms with Gasteiger partial charge >= 0.3 is 0 Å². The molecule has 0 radical (unpaired) electrons. The highest BCUT2D eigenvalue weighted by Gasteiger charge is 2.33. The smallest absolute Gasteiger partial charge is 0.131 e. The second-order valence-corrected chi connectivity index (χ2v) is 15.3. The van der Waals surface area contributed by atoms with E-state index in [0.29, 0.717) is 0 Å². The Bertz CT molecular complexity index is 2530. The summed E-state index contributed by atoms with van der Waals surface area (Å²) in [6.45, 7) is 0. The Balaban J connectivity index is 1.13. The molecule has 2 N–H and O–H groups in total. The van der Waals surface area contributed by atoms with Crippen LogP contribution in [-0.2, 0) is 6.42 Å². The zero-order valence-corrected chi connectivity index (χ0v) is 30.1. The van der Waals surface area contributed by atoms with Gasteiger partial charge in [0.25, 0.3) is 0 Å². The van der Waals surface area contributed by atoms with Crippen LogP contribution in [0.4, 0.5) is 0 Å². The maximum Gasteiger partial charge on any atom is 0.131 e. The highest BCUT2D eigenvalue weighted by molar-refractivity contribution is 7.26. The molecule has 254 valence electrons. The summed E-state index contributed by atoms with van der Waals surface area (Å²) in [5.41, 5.74) is 14.3. The fourth-order valence-corrected chi connectivity index (χ4v) is 9.86. The molecule has 3 aliphatic carbocycles. The molecule has 0 amide bonds. The Kier molecular flexibility index (Phi) is 7.77. The molecule has 0 saturated carbocycles. The molecular weight excluding hydrogens is 653 g/mol. The monoisotopic (exact) mass is 692 g/mol. The number of fused-ring (bicyclic) bond motifs is 6. The second-order valence-electron chi connectivity index (χ2n) is 14.2. The fraction of sp³-hybridized carbons (Fsp3) is 0.170. The number of nitrogens with zero attached hydrogens (tertiary/aromatic N) is 2. The van der Waals surface area contributed by atoms with Gasteiger partial charge in [-0.1, -0.05) is 121 Å². The van der Waals surface area contributed by atoms with Crippen molar-refractivity contribution in [3.63, 3.8) is 0 Å². The van der Waals surface area contributed by atoms with Crippen LogP contribution in [0.15, 0.2) is 162 Å². The van der Waals surface area contributed by atoms with Crippen LogP contribution >= 0.6 is 11.3 Å². The van der Waals surface area contributed by atoms with E-state index in [0.717, 1.165) is 43.5 Å². The van der Waals surface area contributed by atoms with Gasteiger partial charge in [-0.3, -0.25) is 5.32 Å². The highest BCUT2D eigenvalue weighted by atomic mass is 32.1. The third-order valence-corrected chi connectivity index (χ3v) is 12.4. The molecule has 4 nitrogen and oxygen atoms in total. The van der Waals surface area contributed by atoms with Crippen LogP contribution in [0.1, 0.15) is 59.7 Å². The first kappa shape index (κ1) is 31.3. The number of allylic oxidation sites excluding steroid dienone is 6. The van der Waals surface area contributed by atoms with Gasteiger partial charge in [0, 0.05) is 55.3 Å². The molecule has 2 unspecified atom stereocenters. The minimum atomic E-state index is -0.245. The van der Waals surface area contributed by atoms with Crippen molar-refractivity contribution in [3.8, 4) is 11.1 Å². The summed E-state index contributed by atoms with van der Waals surface area (Å²) in [6.07, 6.45) is 13.9. The van der Waals surface area contributed by atoms with Crippen molar-refractivity contribution in [3.05, 3.63) is 184 Å². The molecule has 1 aromatic heterocycles. The standard InChI is InChI=1S/C47H40N4S/c1-51(34-17-6-3-7-18-34)41-24-13-22-38(43(41)30-14-4-2-5-15-30)46-48-45(33-27-26-32-28-31-16-8-9-19-35(31)40(32)29-33)49-47(50-46)39-23-12-21-37-36-20-10-11-25-42(36)52-44(37)39/h2-6,8-12,14-17,19-23,25-27,29,46-47,50H,7,13,18,24,28H2,1H3,(H,48,49). The van der Waals surface area contributed by atoms with E-state index in [1.54, 1.807) is 0 Å². The molecule has 4 aliphatic rings. The van der Waals surface area contributed by atoms with Gasteiger partial charge in [-0.2, -0.15) is 0 Å². The maximum absolute atomic E-state index is 5.53. The Morgan fingerprint density at radius 3 is 2.48 bits per heavy atom. The highest BCUT2D eigenvalue weighted by Crippen LogP contribution is 2.43. The van der Waals surface area contributed by atoms with Crippen LogP contribution in [-0.4, -0.2) is 23.9 Å². The Labute approximate surface area is 309 Å². The quantitative estimate of drug-likeness (QED) is 0.182. The summed E-state index contributed by atoms with van der Waals surface area (Å²) < 4.78 is 2.60. The summed E-state index contributed by atoms with van der Waals surface area (Å²) in [5.74, 6) is 0.924. The maximum atomic E-state index is 5.53. The van der Waals surface area contributed by atoms with E-state index >= 15 is 0 Å². The Morgan fingerprint density at radius 2 is 1.58 bits per heavy atom. The van der Waals surface area contributed by atoms with Gasteiger partial charge in [0.1, 0.15) is 18.2 Å². The lowest BCUT2D eigenvalue weighted by Gasteiger charge is -2.38. The third kappa shape index (κ3) is 5.35. The van der Waals surface area contributed by atoms with E-state index in [4.69, 9.17) is 4.99 Å². The van der Waals surface area contributed by atoms with Gasteiger partial charge in [0.15, 0.2) is 0 Å². The van der Waals surface area contributed by atoms with Gasteiger partial charge in [-0.05, 0) is 83.7 Å². The third-order valence-electron chi connectivity index (χ3n) is 11.2. The Morgan fingerprint density at radius 1 is 0.750 bits per heavy atom. The number of benzene rings is 5. The minimum Gasteiger partial charge on any atom is -0.351 e. The van der Waals surface area contributed by atoms with Crippen LogP contribution in [0.5, 0.6) is 0 Å². The van der Waals surface area contributed by atoms with E-state index in [-0.39, 0.29) is 12.3 Å². The molecule has 1 aliphatic heterocycles. The van der Waals surface area contributed by atoms with Crippen molar-refractivity contribution in [1.29, 1.82) is 0 Å². The van der Waals surface area contributed by atoms with E-state index in [2.05, 4.69) is 162 Å². The molecule has 2 heterocycles. The van der Waals surface area contributed by atoms with Crippen molar-refractivity contribution in [2.45, 2.75) is 44.4 Å². The van der Waals surface area contributed by atoms with Gasteiger partial charge in [0.05, 0.1) is 0 Å². The second kappa shape index (κ2) is 12.9. The molecule has 52 heavy (non-hydrogen) atoms. The van der Waals surface area contributed by atoms with Crippen LogP contribution in [0.2, 0.25) is 0 Å². The Hall–Kier alpha value is -5.49. The lowest BCUT2D eigenvalue weighted by atomic mass is 9.86. The van der Waals surface area contributed by atoms with Crippen LogP contribution in [0, 0.1) is 0 Å². The first-order valence-corrected chi connectivity index (χ1v) is 19.3. The summed E-state index contributed by atoms with van der Waals surface area (Å²) in [5, 5.41) is 10.6. The lowest BCUT2D eigenvalue weighted by molar-refractivity contribution is 0.436. The van der Waals surface area contributed by atoms with E-state index in [1.807, 2.05) is 11.3 Å². The number of thiophene rings is 1. The van der Waals surface area contributed by atoms with E-state index < -0.39 is 0 Å². The van der Waals surface area contributed by atoms with Gasteiger partial charge in [0.2, 0.25) is 0 Å². The number of nitrogens with one attached hydrogen (secondary N) is 2. The minimum absolute atomic E-state index is 0.165. The summed E-state index contributed by atoms with van der Waals surface area (Å²) >= 11 is 1.87. The van der Waals surface area contributed by atoms with Gasteiger partial charge < -0.3 is 10.2 Å². The van der Waals surface area contributed by atoms with Crippen LogP contribution in [0.3, 0.4) is 0 Å². The first-order valence-electron chi connectivity index (χ1n) is 18.5. The number of hydrogen-bond acceptors (Lipinski definition) is 5. The molecule has 6 aromatic rings. The van der Waals surface area contributed by atoms with Crippen LogP contribution in [0.25, 0.3) is 36.9 Å². The fourth-order valence-electron chi connectivity index (χ4n) is 8.62. The zero-order chi connectivity index (χ0) is 34.6. The average Bonchev–Trinajstić information content (AvgIpc) is 3.79. The van der Waals surface area contributed by atoms with E-state index in [9.17, 15) is 0 Å². The first-order chi connectivity index (χ1) is 25.7. The zero-order valence-electron chi connectivity index (χ0n) is 29.3. The molecule has 0 spiro atoms. The SMILES string of the molecule is CN(C1=CC=CCC1)C1=C(c2ccccc2)C(C2NC(c3ccc4c(c3)-c3ccccc3C4)=NC(c3cccc4c3sc3ccccc34)N2)=CCC1. The van der Waals surface area contributed by atoms with Crippen molar-refractivity contribution < 1.29 is 0 Å². The number of aliphatic imine (C=N–C) groups is 1. The van der Waals surface area contributed by atoms with Gasteiger partial charge in [-0.25, -0.2) is 4.99 Å². The predicted octanol–water partition coefficient (Wildman–Crippen LogP) is 10.9. The molecule has 5 heteroatoms. The van der Waals surface area contributed by atoms with Crippen molar-refractivity contribution in [1.82, 2.24) is 15.5 Å². The number of rotatable bonds is 6. The largest absolute Gasteiger partial charge is 0.351 e. The van der Waals surface area contributed by atoms with Gasteiger partial charge in [-0.15, -0.1) is 11.3 Å². The van der Waals surface area contributed by atoms with Crippen LogP contribution < -0.4 is 10.6 Å². The lowest BCUT2D eigenvalue weighted by Crippen LogP contribution is -2.52. The molecular formula is C47H40N4S. The summed E-state index contributed by atoms with van der Waals surface area (Å²) in [6, 6.07) is 42.2. The molecule has 2 atom stereocenters. The summed E-state index contributed by atoms with van der Waals surface area (Å²) in [7, 11) is 2.26. The number of amidine groups is 1. The van der Waals surface area contributed by atoms with Crippen molar-refractivity contribution >= 4 is 42.9 Å². The summed E-state index contributed by atoms with van der Waals surface area (Å²) in [4.78, 5) is 7.99. The average molecular weight is 693 g/mol. The van der Waals surface area contributed by atoms with Crippen molar-refractivity contribution in [2.24, 2.45) is 4.99 Å². The topological polar surface area (TPSA) is 39.7 Å². The van der Waals surface area contributed by atoms with Crippen molar-refractivity contribution in [2.75, 3.05) is 7.05 Å². The molecule has 0 bridgehead atoms.